The van der Waals surface area contributed by atoms with Crippen LogP contribution in [0.25, 0.3) is 11.0 Å². The van der Waals surface area contributed by atoms with Crippen LogP contribution in [-0.4, -0.2) is 29.6 Å². The Morgan fingerprint density at radius 3 is 3.00 bits per heavy atom. The molecule has 1 aliphatic rings. The van der Waals surface area contributed by atoms with Gasteiger partial charge in [0, 0.05) is 30.9 Å². The number of nitrogens with one attached hydrogen (secondary N) is 2. The summed E-state index contributed by atoms with van der Waals surface area (Å²) >= 11 is 0. The molecule has 2 aromatic rings. The maximum Gasteiger partial charge on any atom is 0.371 e. The van der Waals surface area contributed by atoms with E-state index in [9.17, 15) is 9.59 Å². The molecular weight excluding hydrogens is 260 g/mol. The monoisotopic (exact) mass is 274 g/mol. The molecule has 0 spiro atoms. The SMILES string of the molecule is O=C1CC(NCc2ccc3oc(C(=O)O)cc3c2)CN1. The minimum Gasteiger partial charge on any atom is -0.475 e. The van der Waals surface area contributed by atoms with Gasteiger partial charge in [0.05, 0.1) is 0 Å². The topological polar surface area (TPSA) is 91.6 Å². The molecule has 1 atom stereocenters. The number of rotatable bonds is 4. The first-order valence-electron chi connectivity index (χ1n) is 6.37. The fourth-order valence-corrected chi connectivity index (χ4v) is 2.32. The predicted octanol–water partition coefficient (Wildman–Crippen LogP) is 1.11. The van der Waals surface area contributed by atoms with Crippen molar-refractivity contribution >= 4 is 22.8 Å². The zero-order valence-corrected chi connectivity index (χ0v) is 10.7. The Kier molecular flexibility index (Phi) is 3.15. The van der Waals surface area contributed by atoms with E-state index in [-0.39, 0.29) is 17.7 Å². The molecule has 1 aromatic carbocycles. The van der Waals surface area contributed by atoms with Gasteiger partial charge in [-0.3, -0.25) is 4.79 Å². The number of fused-ring (bicyclic) bond motifs is 1. The van der Waals surface area contributed by atoms with Crippen LogP contribution >= 0.6 is 0 Å². The standard InChI is InChI=1S/C14H14N2O4/c17-13-5-10(7-16-13)15-6-8-1-2-11-9(3-8)4-12(20-11)14(18)19/h1-4,10,15H,5-7H2,(H,16,17)(H,18,19). The van der Waals surface area contributed by atoms with Crippen LogP contribution in [0.15, 0.2) is 28.7 Å². The Bertz CT molecular complexity index is 677. The highest BCUT2D eigenvalue weighted by molar-refractivity contribution is 5.91. The van der Waals surface area contributed by atoms with Crippen LogP contribution in [0.2, 0.25) is 0 Å². The van der Waals surface area contributed by atoms with Crippen molar-refractivity contribution in [3.63, 3.8) is 0 Å². The fourth-order valence-electron chi connectivity index (χ4n) is 2.32. The molecule has 6 nitrogen and oxygen atoms in total. The third-order valence-electron chi connectivity index (χ3n) is 3.36. The van der Waals surface area contributed by atoms with E-state index >= 15 is 0 Å². The van der Waals surface area contributed by atoms with Crippen molar-refractivity contribution < 1.29 is 19.1 Å². The number of carboxylic acids is 1. The molecule has 0 saturated carbocycles. The number of aromatic carboxylic acids is 1. The van der Waals surface area contributed by atoms with Gasteiger partial charge in [-0.15, -0.1) is 0 Å². The van der Waals surface area contributed by atoms with Crippen molar-refractivity contribution in [2.75, 3.05) is 6.54 Å². The molecule has 104 valence electrons. The highest BCUT2D eigenvalue weighted by atomic mass is 16.4. The summed E-state index contributed by atoms with van der Waals surface area (Å²) in [6, 6.07) is 7.20. The zero-order chi connectivity index (χ0) is 14.1. The third kappa shape index (κ3) is 2.50. The summed E-state index contributed by atoms with van der Waals surface area (Å²) in [5.74, 6) is -1.06. The first-order valence-corrected chi connectivity index (χ1v) is 6.37. The Labute approximate surface area is 114 Å². The van der Waals surface area contributed by atoms with E-state index in [1.165, 1.54) is 6.07 Å². The summed E-state index contributed by atoms with van der Waals surface area (Å²) < 4.78 is 5.20. The summed E-state index contributed by atoms with van der Waals surface area (Å²) in [7, 11) is 0. The van der Waals surface area contributed by atoms with Crippen LogP contribution < -0.4 is 10.6 Å². The highest BCUT2D eigenvalue weighted by Gasteiger charge is 2.20. The molecule has 1 amide bonds. The fraction of sp³-hybridized carbons (Fsp3) is 0.286. The maximum atomic E-state index is 11.1. The molecule has 1 unspecified atom stereocenters. The largest absolute Gasteiger partial charge is 0.475 e. The van der Waals surface area contributed by atoms with Gasteiger partial charge in [-0.05, 0) is 23.8 Å². The van der Waals surface area contributed by atoms with E-state index < -0.39 is 5.97 Å². The number of amides is 1. The van der Waals surface area contributed by atoms with Crippen LogP contribution in [-0.2, 0) is 11.3 Å². The lowest BCUT2D eigenvalue weighted by atomic mass is 10.1. The number of benzene rings is 1. The van der Waals surface area contributed by atoms with Crippen molar-refractivity contribution in [2.24, 2.45) is 0 Å². The van der Waals surface area contributed by atoms with E-state index in [1.54, 1.807) is 6.07 Å². The lowest BCUT2D eigenvalue weighted by Gasteiger charge is -2.09. The summed E-state index contributed by atoms with van der Waals surface area (Å²) in [6.45, 7) is 1.28. The smallest absolute Gasteiger partial charge is 0.371 e. The second-order valence-electron chi connectivity index (χ2n) is 4.87. The molecule has 1 aromatic heterocycles. The summed E-state index contributed by atoms with van der Waals surface area (Å²) in [4.78, 5) is 21.9. The van der Waals surface area contributed by atoms with Gasteiger partial charge in [0.1, 0.15) is 5.58 Å². The van der Waals surface area contributed by atoms with Crippen LogP contribution in [0.3, 0.4) is 0 Å². The van der Waals surface area contributed by atoms with Gasteiger partial charge in [0.2, 0.25) is 11.7 Å². The predicted molar refractivity (Wildman–Crippen MR) is 71.4 cm³/mol. The molecule has 1 fully saturated rings. The van der Waals surface area contributed by atoms with Crippen molar-refractivity contribution in [1.82, 2.24) is 10.6 Å². The number of carboxylic acid groups (broad SMARTS) is 1. The number of hydrogen-bond acceptors (Lipinski definition) is 4. The van der Waals surface area contributed by atoms with Gasteiger partial charge < -0.3 is 20.2 Å². The number of carbonyl (C=O) groups excluding carboxylic acids is 1. The minimum atomic E-state index is -1.07. The Morgan fingerprint density at radius 2 is 2.30 bits per heavy atom. The Hall–Kier alpha value is -2.34. The van der Waals surface area contributed by atoms with Crippen molar-refractivity contribution in [2.45, 2.75) is 19.0 Å². The van der Waals surface area contributed by atoms with Crippen LogP contribution in [0, 0.1) is 0 Å². The molecule has 2 heterocycles. The summed E-state index contributed by atoms with van der Waals surface area (Å²) in [6.07, 6.45) is 0.497. The van der Waals surface area contributed by atoms with Gasteiger partial charge in [-0.25, -0.2) is 4.79 Å². The van der Waals surface area contributed by atoms with Crippen LogP contribution in [0.1, 0.15) is 22.5 Å². The molecular formula is C14H14N2O4. The van der Waals surface area contributed by atoms with Gasteiger partial charge >= 0.3 is 5.97 Å². The molecule has 3 N–H and O–H groups in total. The number of hydrogen-bond donors (Lipinski definition) is 3. The molecule has 6 heteroatoms. The van der Waals surface area contributed by atoms with Gasteiger partial charge in [-0.2, -0.15) is 0 Å². The van der Waals surface area contributed by atoms with E-state index in [1.807, 2.05) is 12.1 Å². The van der Waals surface area contributed by atoms with Gasteiger partial charge in [-0.1, -0.05) is 6.07 Å². The van der Waals surface area contributed by atoms with Gasteiger partial charge in [0.25, 0.3) is 0 Å². The molecule has 0 radical (unpaired) electrons. The Balaban J connectivity index is 1.72. The van der Waals surface area contributed by atoms with E-state index in [0.29, 0.717) is 25.1 Å². The average Bonchev–Trinajstić information content (AvgIpc) is 3.01. The molecule has 1 aliphatic heterocycles. The molecule has 0 aliphatic carbocycles. The normalized spacial score (nSPS) is 18.4. The molecule has 1 saturated heterocycles. The lowest BCUT2D eigenvalue weighted by Crippen LogP contribution is -2.30. The van der Waals surface area contributed by atoms with E-state index in [4.69, 9.17) is 9.52 Å². The zero-order valence-electron chi connectivity index (χ0n) is 10.7. The maximum absolute atomic E-state index is 11.1. The van der Waals surface area contributed by atoms with Crippen LogP contribution in [0.5, 0.6) is 0 Å². The second-order valence-corrected chi connectivity index (χ2v) is 4.87. The first-order chi connectivity index (χ1) is 9.61. The van der Waals surface area contributed by atoms with Crippen molar-refractivity contribution in [3.05, 3.63) is 35.6 Å². The summed E-state index contributed by atoms with van der Waals surface area (Å²) in [5.41, 5.74) is 1.58. The molecule has 3 rings (SSSR count). The van der Waals surface area contributed by atoms with Crippen LogP contribution in [0.4, 0.5) is 0 Å². The lowest BCUT2D eigenvalue weighted by molar-refractivity contribution is -0.119. The Morgan fingerprint density at radius 1 is 1.45 bits per heavy atom. The quantitative estimate of drug-likeness (QED) is 0.776. The van der Waals surface area contributed by atoms with Gasteiger partial charge in [0.15, 0.2) is 0 Å². The van der Waals surface area contributed by atoms with E-state index in [0.717, 1.165) is 10.9 Å². The second kappa shape index (κ2) is 4.97. The average molecular weight is 274 g/mol. The highest BCUT2D eigenvalue weighted by Crippen LogP contribution is 2.21. The van der Waals surface area contributed by atoms with E-state index in [2.05, 4.69) is 10.6 Å². The van der Waals surface area contributed by atoms with Crippen molar-refractivity contribution in [3.8, 4) is 0 Å². The minimum absolute atomic E-state index is 0.0595. The first kappa shape index (κ1) is 12.7. The number of carbonyl (C=O) groups is 2. The summed E-state index contributed by atoms with van der Waals surface area (Å²) in [5, 5.41) is 15.7. The third-order valence-corrected chi connectivity index (χ3v) is 3.36. The molecule has 20 heavy (non-hydrogen) atoms. The molecule has 0 bridgehead atoms. The number of furan rings is 1. The van der Waals surface area contributed by atoms with Crippen molar-refractivity contribution in [1.29, 1.82) is 0 Å².